The first-order valence-electron chi connectivity index (χ1n) is 7.06. The van der Waals surface area contributed by atoms with Crippen LogP contribution in [0.2, 0.25) is 5.02 Å². The number of anilines is 3. The van der Waals surface area contributed by atoms with Crippen LogP contribution in [-0.4, -0.2) is 29.8 Å². The first-order valence-corrected chi connectivity index (χ1v) is 7.44. The number of nitrogen functional groups attached to an aromatic ring is 2. The summed E-state index contributed by atoms with van der Waals surface area (Å²) in [5, 5.41) is 0.946. The number of halogens is 1. The number of carbonyl (C=O) groups excluding carboxylic acids is 1. The molecule has 0 atom stereocenters. The number of carbonyl (C=O) groups is 1. The zero-order valence-corrected chi connectivity index (χ0v) is 13.8. The smallest absolute Gasteiger partial charge is 0.267 e. The largest absolute Gasteiger partial charge is 0.396 e. The fraction of sp³-hybridized carbons (Fsp3) is 0.267. The molecule has 3 rings (SSSR count). The first kappa shape index (κ1) is 15.4. The third-order valence-electron chi connectivity index (χ3n) is 3.77. The van der Waals surface area contributed by atoms with E-state index in [0.717, 1.165) is 10.9 Å². The molecule has 2 aromatic rings. The number of pyridine rings is 1. The van der Waals surface area contributed by atoms with Crippen LogP contribution >= 0.6 is 11.6 Å². The Balaban J connectivity index is 2.51. The fourth-order valence-corrected chi connectivity index (χ4v) is 2.98. The molecule has 7 nitrogen and oxygen atoms in total. The molecule has 0 spiro atoms. The van der Waals surface area contributed by atoms with Gasteiger partial charge in [-0.3, -0.25) is 9.79 Å². The maximum atomic E-state index is 11.6. The van der Waals surface area contributed by atoms with Crippen LogP contribution in [0.25, 0.3) is 10.9 Å². The Hall–Kier alpha value is -2.54. The van der Waals surface area contributed by atoms with E-state index in [1.807, 2.05) is 25.8 Å². The van der Waals surface area contributed by atoms with E-state index in [-0.39, 0.29) is 22.4 Å². The summed E-state index contributed by atoms with van der Waals surface area (Å²) in [7, 11) is 1.84. The summed E-state index contributed by atoms with van der Waals surface area (Å²) >= 11 is 6.24. The quantitative estimate of drug-likeness (QED) is 0.723. The van der Waals surface area contributed by atoms with Crippen LogP contribution in [0.1, 0.15) is 29.9 Å². The van der Waals surface area contributed by atoms with Crippen LogP contribution < -0.4 is 22.1 Å². The lowest BCUT2D eigenvalue weighted by molar-refractivity contribution is 0.0996. The van der Waals surface area contributed by atoms with E-state index in [2.05, 4.69) is 9.98 Å². The summed E-state index contributed by atoms with van der Waals surface area (Å²) in [6, 6.07) is 1.67. The van der Waals surface area contributed by atoms with E-state index in [4.69, 9.17) is 28.8 Å². The highest BCUT2D eigenvalue weighted by atomic mass is 35.5. The number of hydrogen-bond donors (Lipinski definition) is 3. The number of benzene rings is 1. The summed E-state index contributed by atoms with van der Waals surface area (Å²) in [5.41, 5.74) is 20.1. The number of aromatic nitrogens is 1. The molecule has 1 aromatic carbocycles. The van der Waals surface area contributed by atoms with Crippen LogP contribution in [-0.2, 0) is 0 Å². The molecule has 2 heterocycles. The van der Waals surface area contributed by atoms with Gasteiger partial charge in [-0.1, -0.05) is 11.6 Å². The van der Waals surface area contributed by atoms with Crippen molar-refractivity contribution in [3.05, 3.63) is 22.3 Å². The average molecular weight is 333 g/mol. The minimum atomic E-state index is -0.643. The molecule has 1 aliphatic rings. The third kappa shape index (κ3) is 2.08. The molecule has 0 aliphatic carbocycles. The lowest BCUT2D eigenvalue weighted by Crippen LogP contribution is -2.24. The number of aliphatic imine (C=N–C) groups is 1. The maximum absolute atomic E-state index is 11.6. The summed E-state index contributed by atoms with van der Waals surface area (Å²) in [5.74, 6) is 0.0359. The Labute approximate surface area is 138 Å². The van der Waals surface area contributed by atoms with Gasteiger partial charge in [0, 0.05) is 24.0 Å². The van der Waals surface area contributed by atoms with Gasteiger partial charge < -0.3 is 22.1 Å². The number of nitrogens with zero attached hydrogens (tertiary/aromatic N) is 3. The number of hydrogen-bond acceptors (Lipinski definition) is 5. The minimum absolute atomic E-state index is 0.0519. The fourth-order valence-electron chi connectivity index (χ4n) is 2.81. The van der Waals surface area contributed by atoms with Gasteiger partial charge in [0.1, 0.15) is 11.5 Å². The van der Waals surface area contributed by atoms with Gasteiger partial charge in [0.25, 0.3) is 5.91 Å². The molecule has 0 bridgehead atoms. The lowest BCUT2D eigenvalue weighted by Gasteiger charge is -2.18. The number of rotatable bonds is 2. The van der Waals surface area contributed by atoms with Crippen molar-refractivity contribution in [2.24, 2.45) is 10.7 Å². The van der Waals surface area contributed by atoms with E-state index in [9.17, 15) is 4.79 Å². The Morgan fingerprint density at radius 3 is 2.57 bits per heavy atom. The van der Waals surface area contributed by atoms with Crippen molar-refractivity contribution in [2.75, 3.05) is 23.4 Å². The summed E-state index contributed by atoms with van der Waals surface area (Å²) in [6.45, 7) is 3.92. The van der Waals surface area contributed by atoms with E-state index in [1.165, 1.54) is 0 Å². The van der Waals surface area contributed by atoms with Gasteiger partial charge in [-0.15, -0.1) is 0 Å². The van der Waals surface area contributed by atoms with Crippen LogP contribution in [0.4, 0.5) is 17.1 Å². The molecular formula is C15H17ClN6O. The van der Waals surface area contributed by atoms with Crippen LogP contribution in [0.5, 0.6) is 0 Å². The highest BCUT2D eigenvalue weighted by Gasteiger charge is 2.32. The summed E-state index contributed by atoms with van der Waals surface area (Å²) in [6.07, 6.45) is 0. The van der Waals surface area contributed by atoms with Crippen LogP contribution in [0.15, 0.2) is 11.1 Å². The van der Waals surface area contributed by atoms with E-state index in [1.54, 1.807) is 6.07 Å². The van der Waals surface area contributed by atoms with Crippen LogP contribution in [0, 0.1) is 0 Å². The second-order valence-corrected chi connectivity index (χ2v) is 6.12. The van der Waals surface area contributed by atoms with Crippen molar-refractivity contribution in [3.63, 3.8) is 0 Å². The number of amidine groups is 1. The van der Waals surface area contributed by atoms with E-state index < -0.39 is 5.91 Å². The molecule has 23 heavy (non-hydrogen) atoms. The Bertz CT molecular complexity index is 890. The SMILES string of the molecule is CC(C)N=C1c2cc(C(N)=O)nc3c(N)c(Cl)c(N)c(c23)N1C. The maximum Gasteiger partial charge on any atom is 0.267 e. The predicted molar refractivity (Wildman–Crippen MR) is 94.2 cm³/mol. The topological polar surface area (TPSA) is 124 Å². The second kappa shape index (κ2) is 4.99. The lowest BCUT2D eigenvalue weighted by atomic mass is 10.1. The van der Waals surface area contributed by atoms with Crippen molar-refractivity contribution in [3.8, 4) is 0 Å². The average Bonchev–Trinajstić information content (AvgIpc) is 2.75. The predicted octanol–water partition coefficient (Wildman–Crippen LogP) is 1.76. The summed E-state index contributed by atoms with van der Waals surface area (Å²) in [4.78, 5) is 22.3. The van der Waals surface area contributed by atoms with Gasteiger partial charge in [0.05, 0.1) is 27.6 Å². The monoisotopic (exact) mass is 332 g/mol. The Morgan fingerprint density at radius 1 is 1.35 bits per heavy atom. The molecule has 1 aromatic heterocycles. The minimum Gasteiger partial charge on any atom is -0.396 e. The molecule has 1 aliphatic heterocycles. The highest BCUT2D eigenvalue weighted by Crippen LogP contribution is 2.47. The van der Waals surface area contributed by atoms with Gasteiger partial charge in [0.2, 0.25) is 0 Å². The Kier molecular flexibility index (Phi) is 3.33. The molecule has 0 fully saturated rings. The molecule has 0 radical (unpaired) electrons. The number of nitrogens with two attached hydrogens (primary N) is 3. The zero-order chi connectivity index (χ0) is 17.0. The first-order chi connectivity index (χ1) is 10.7. The normalized spacial score (nSPS) is 15.2. The van der Waals surface area contributed by atoms with E-state index >= 15 is 0 Å². The standard InChI is InChI=1S/C15H17ClN6O/c1-5(2)20-15-6-4-7(14(19)23)21-12-8(6)13(22(15)3)11(18)9(16)10(12)17/h4-5H,17-18H2,1-3H3,(H2,19,23). The number of primary amides is 1. The molecule has 0 saturated heterocycles. The van der Waals surface area contributed by atoms with Crippen molar-refractivity contribution < 1.29 is 4.79 Å². The van der Waals surface area contributed by atoms with Crippen LogP contribution in [0.3, 0.4) is 0 Å². The summed E-state index contributed by atoms with van der Waals surface area (Å²) < 4.78 is 0. The molecule has 0 unspecified atom stereocenters. The molecule has 6 N–H and O–H groups in total. The van der Waals surface area contributed by atoms with Gasteiger partial charge in [-0.05, 0) is 19.9 Å². The van der Waals surface area contributed by atoms with E-state index in [0.29, 0.717) is 22.7 Å². The molecule has 120 valence electrons. The molecular weight excluding hydrogens is 316 g/mol. The zero-order valence-electron chi connectivity index (χ0n) is 13.0. The second-order valence-electron chi connectivity index (χ2n) is 5.74. The van der Waals surface area contributed by atoms with Gasteiger partial charge in [0.15, 0.2) is 0 Å². The van der Waals surface area contributed by atoms with Gasteiger partial charge in [-0.2, -0.15) is 0 Å². The van der Waals surface area contributed by atoms with Gasteiger partial charge in [-0.25, -0.2) is 4.98 Å². The molecule has 0 saturated carbocycles. The third-order valence-corrected chi connectivity index (χ3v) is 4.17. The van der Waals surface area contributed by atoms with Crippen molar-refractivity contribution in [1.29, 1.82) is 0 Å². The molecule has 8 heteroatoms. The van der Waals surface area contributed by atoms with Crippen molar-refractivity contribution in [1.82, 2.24) is 4.98 Å². The van der Waals surface area contributed by atoms with Crippen molar-refractivity contribution in [2.45, 2.75) is 19.9 Å². The number of amides is 1. The van der Waals surface area contributed by atoms with Crippen molar-refractivity contribution >= 4 is 51.3 Å². The Morgan fingerprint density at radius 2 is 2.00 bits per heavy atom. The molecule has 1 amide bonds. The highest BCUT2D eigenvalue weighted by molar-refractivity contribution is 6.41. The van der Waals surface area contributed by atoms with Gasteiger partial charge >= 0.3 is 0 Å².